The Kier molecular flexibility index (Phi) is 3.30. The topological polar surface area (TPSA) is 111 Å². The maximum absolute atomic E-state index is 11.0. The van der Waals surface area contributed by atoms with E-state index in [0.29, 0.717) is 0 Å². The number of hydrogen-bond acceptors (Lipinski definition) is 4. The van der Waals surface area contributed by atoms with E-state index < -0.39 is 24.3 Å². The molecule has 16 heavy (non-hydrogen) atoms. The van der Waals surface area contributed by atoms with Crippen molar-refractivity contribution in [2.24, 2.45) is 10.5 Å². The summed E-state index contributed by atoms with van der Waals surface area (Å²) in [4.78, 5) is 15.1. The number of nitrogens with one attached hydrogen (secondary N) is 1. The van der Waals surface area contributed by atoms with Gasteiger partial charge >= 0.3 is 6.09 Å². The summed E-state index contributed by atoms with van der Waals surface area (Å²) in [6.07, 6.45) is -1.98. The molecule has 1 rings (SSSR count). The maximum atomic E-state index is 11.0. The van der Waals surface area contributed by atoms with Gasteiger partial charge in [-0.2, -0.15) is 0 Å². The highest BCUT2D eigenvalue weighted by Gasteiger charge is 2.51. The van der Waals surface area contributed by atoms with Crippen LogP contribution in [0.2, 0.25) is 0 Å². The third-order valence-electron chi connectivity index (χ3n) is 2.76. The molecule has 1 fully saturated rings. The second-order valence-corrected chi connectivity index (χ2v) is 5.02. The van der Waals surface area contributed by atoms with Crippen LogP contribution >= 0.6 is 0 Å². The average molecular weight is 229 g/mol. The molecule has 7 heteroatoms. The van der Waals surface area contributed by atoms with Gasteiger partial charge in [0.25, 0.3) is 0 Å². The zero-order valence-corrected chi connectivity index (χ0v) is 9.58. The summed E-state index contributed by atoms with van der Waals surface area (Å²) < 4.78 is 0. The number of nitrogens with zero attached hydrogens (tertiary/aromatic N) is 3. The van der Waals surface area contributed by atoms with Crippen LogP contribution in [0, 0.1) is 10.9 Å². The molecule has 90 valence electrons. The first-order chi connectivity index (χ1) is 7.29. The van der Waals surface area contributed by atoms with Gasteiger partial charge in [0.1, 0.15) is 16.7 Å². The van der Waals surface area contributed by atoms with Gasteiger partial charge in [-0.15, -0.1) is 0 Å². The minimum absolute atomic E-state index is 0.0148. The molecule has 0 aromatic carbocycles. The van der Waals surface area contributed by atoms with Gasteiger partial charge in [0.2, 0.25) is 4.91 Å². The Bertz CT molecular complexity index is 332. The molecule has 0 bridgehead atoms. The van der Waals surface area contributed by atoms with Gasteiger partial charge in [0, 0.05) is 0 Å². The highest BCUT2D eigenvalue weighted by Crippen LogP contribution is 2.34. The predicted octanol–water partition coefficient (Wildman–Crippen LogP) is 0.675. The number of aliphatic hydroxyl groups excluding tert-OH is 1. The molecule has 0 radical (unpaired) electrons. The number of β-amino-alcohol motifs (C(OH)–C–C–N with tert-alkyl or cyclic N) is 1. The van der Waals surface area contributed by atoms with Crippen LogP contribution in [0.15, 0.2) is 5.11 Å². The molecule has 0 aromatic rings. The summed E-state index contributed by atoms with van der Waals surface area (Å²) in [5.41, 5.74) is 6.34. The molecule has 7 nitrogen and oxygen atoms in total. The van der Waals surface area contributed by atoms with Crippen LogP contribution in [0.3, 0.4) is 0 Å². The quantitative estimate of drug-likeness (QED) is 0.454. The monoisotopic (exact) mass is 229 g/mol. The highest BCUT2D eigenvalue weighted by atomic mass is 16.4. The van der Waals surface area contributed by atoms with Gasteiger partial charge < -0.3 is 10.2 Å². The van der Waals surface area contributed by atoms with Crippen LogP contribution in [-0.4, -0.2) is 45.9 Å². The van der Waals surface area contributed by atoms with Crippen LogP contribution < -0.4 is 4.91 Å². The summed E-state index contributed by atoms with van der Waals surface area (Å²) in [6, 6.07) is -1.12. The van der Waals surface area contributed by atoms with Crippen LogP contribution in [0.5, 0.6) is 0 Å². The minimum atomic E-state index is -1.08. The van der Waals surface area contributed by atoms with E-state index >= 15 is 0 Å². The van der Waals surface area contributed by atoms with Gasteiger partial charge in [0.15, 0.2) is 6.04 Å². The normalized spacial score (nSPS) is 30.0. The Labute approximate surface area is 93.3 Å². The largest absolute Gasteiger partial charge is 0.465 e. The molecule has 1 aliphatic heterocycles. The first kappa shape index (κ1) is 12.6. The number of carbonyl (C=O) groups is 1. The lowest BCUT2D eigenvalue weighted by molar-refractivity contribution is 0.101. The summed E-state index contributed by atoms with van der Waals surface area (Å²) >= 11 is 0. The van der Waals surface area contributed by atoms with Gasteiger partial charge in [0.05, 0.1) is 12.6 Å². The SMILES string of the molecule is CC(C)(C)C1[C@H](N=[N+]=N)[C@@H](O)CN1C(=O)O. The van der Waals surface area contributed by atoms with Gasteiger partial charge in [-0.05, 0) is 5.41 Å². The zero-order chi connectivity index (χ0) is 12.5. The van der Waals surface area contributed by atoms with Crippen molar-refractivity contribution in [2.75, 3.05) is 6.54 Å². The van der Waals surface area contributed by atoms with E-state index in [-0.39, 0.29) is 12.0 Å². The fourth-order valence-corrected chi connectivity index (χ4v) is 2.20. The van der Waals surface area contributed by atoms with Crippen LogP contribution in [-0.2, 0) is 0 Å². The number of aliphatic hydroxyl groups is 1. The van der Waals surface area contributed by atoms with E-state index in [0.717, 1.165) is 0 Å². The summed E-state index contributed by atoms with van der Waals surface area (Å²) in [5.74, 6) is 0. The number of hydrogen-bond donors (Lipinski definition) is 3. The van der Waals surface area contributed by atoms with E-state index in [4.69, 9.17) is 10.6 Å². The Morgan fingerprint density at radius 3 is 2.50 bits per heavy atom. The first-order valence-corrected chi connectivity index (χ1v) is 5.03. The van der Waals surface area contributed by atoms with E-state index in [2.05, 4.69) is 10.0 Å². The molecule has 3 atom stereocenters. The molecule has 3 N–H and O–H groups in total. The second kappa shape index (κ2) is 4.19. The third kappa shape index (κ3) is 2.20. The van der Waals surface area contributed by atoms with Crippen molar-refractivity contribution in [3.8, 4) is 0 Å². The summed E-state index contributed by atoms with van der Waals surface area (Å²) in [5, 5.41) is 22.4. The standard InChI is InChI=1S/C9H16N4O3/c1-9(2,3)7-6(11-12-10)5(14)4-13(7)8(15)16/h5-7,10,14H,4H2,1-3H3/p+1/t5-,6+,7?/m0/s1. The van der Waals surface area contributed by atoms with E-state index in [9.17, 15) is 9.90 Å². The van der Waals surface area contributed by atoms with Gasteiger partial charge in [-0.3, -0.25) is 4.90 Å². The summed E-state index contributed by atoms with van der Waals surface area (Å²) in [6.45, 7) is 5.63. The van der Waals surface area contributed by atoms with Crippen LogP contribution in [0.1, 0.15) is 20.8 Å². The lowest BCUT2D eigenvalue weighted by Gasteiger charge is -2.33. The Balaban J connectivity index is 3.09. The lowest BCUT2D eigenvalue weighted by Crippen LogP contribution is -2.47. The van der Waals surface area contributed by atoms with E-state index in [1.807, 2.05) is 20.8 Å². The number of amides is 1. The van der Waals surface area contributed by atoms with Crippen molar-refractivity contribution < 1.29 is 15.0 Å². The van der Waals surface area contributed by atoms with Crippen molar-refractivity contribution in [2.45, 2.75) is 39.0 Å². The molecule has 0 spiro atoms. The van der Waals surface area contributed by atoms with E-state index in [1.165, 1.54) is 4.90 Å². The molecular formula is C9H17N4O3+. The van der Waals surface area contributed by atoms with Crippen molar-refractivity contribution in [1.82, 2.24) is 9.81 Å². The lowest BCUT2D eigenvalue weighted by atomic mass is 9.82. The average Bonchev–Trinajstić information content (AvgIpc) is 2.44. The van der Waals surface area contributed by atoms with Gasteiger partial charge in [-0.25, -0.2) is 4.79 Å². The van der Waals surface area contributed by atoms with Crippen molar-refractivity contribution in [3.63, 3.8) is 0 Å². The fourth-order valence-electron chi connectivity index (χ4n) is 2.20. The van der Waals surface area contributed by atoms with Gasteiger partial charge in [-0.1, -0.05) is 20.8 Å². The second-order valence-electron chi connectivity index (χ2n) is 5.02. The number of carboxylic acid groups (broad SMARTS) is 1. The van der Waals surface area contributed by atoms with Crippen LogP contribution in [0.4, 0.5) is 4.79 Å². The Morgan fingerprint density at radius 1 is 1.56 bits per heavy atom. The van der Waals surface area contributed by atoms with Crippen molar-refractivity contribution in [1.29, 1.82) is 5.53 Å². The molecular weight excluding hydrogens is 212 g/mol. The number of likely N-dealkylation sites (tertiary alicyclic amines) is 1. The molecule has 0 saturated carbocycles. The Morgan fingerprint density at radius 2 is 2.12 bits per heavy atom. The predicted molar refractivity (Wildman–Crippen MR) is 55.1 cm³/mol. The van der Waals surface area contributed by atoms with Crippen molar-refractivity contribution in [3.05, 3.63) is 0 Å². The highest BCUT2D eigenvalue weighted by molar-refractivity contribution is 5.66. The van der Waals surface area contributed by atoms with Crippen molar-refractivity contribution >= 4 is 6.09 Å². The molecule has 0 aromatic heterocycles. The molecule has 1 saturated heterocycles. The minimum Gasteiger partial charge on any atom is -0.465 e. The van der Waals surface area contributed by atoms with E-state index in [1.54, 1.807) is 0 Å². The molecule has 1 aliphatic rings. The smallest absolute Gasteiger partial charge is 0.407 e. The molecule has 1 unspecified atom stereocenters. The zero-order valence-electron chi connectivity index (χ0n) is 9.58. The fraction of sp³-hybridized carbons (Fsp3) is 0.889. The molecule has 1 amide bonds. The number of rotatable bonds is 1. The summed E-state index contributed by atoms with van der Waals surface area (Å²) in [7, 11) is 0. The first-order valence-electron chi connectivity index (χ1n) is 5.03. The third-order valence-corrected chi connectivity index (χ3v) is 2.76. The molecule has 0 aliphatic carbocycles. The van der Waals surface area contributed by atoms with Crippen LogP contribution in [0.25, 0.3) is 0 Å². The maximum Gasteiger partial charge on any atom is 0.407 e. The Hall–Kier alpha value is -1.46. The molecule has 1 heterocycles.